The van der Waals surface area contributed by atoms with Gasteiger partial charge in [-0.15, -0.1) is 13.2 Å². The normalized spacial score (nSPS) is 13.5. The molecule has 0 heterocycles. The Hall–Kier alpha value is -3.64. The van der Waals surface area contributed by atoms with Crippen molar-refractivity contribution in [3.05, 3.63) is 54.1 Å². The Labute approximate surface area is 177 Å². The number of halogens is 6. The second-order valence-electron chi connectivity index (χ2n) is 6.12. The van der Waals surface area contributed by atoms with Gasteiger partial charge in [0.2, 0.25) is 0 Å². The first-order chi connectivity index (χ1) is 14.8. The monoisotopic (exact) mass is 466 g/mol. The fourth-order valence-corrected chi connectivity index (χ4v) is 2.49. The third kappa shape index (κ3) is 5.74. The first kappa shape index (κ1) is 24.6. The molecule has 2 N–H and O–H groups in total. The maximum Gasteiger partial charge on any atom is 0.573 e. The molecular weight excluding hydrogens is 450 g/mol. The van der Waals surface area contributed by atoms with E-state index in [9.17, 15) is 35.9 Å². The molecule has 13 heteroatoms. The highest BCUT2D eigenvalue weighted by atomic mass is 19.4. The highest BCUT2D eigenvalue weighted by molar-refractivity contribution is 5.99. The number of hydrogen-bond acceptors (Lipinski definition) is 6. The van der Waals surface area contributed by atoms with Crippen molar-refractivity contribution < 1.29 is 50.1 Å². The standard InChI is InChI=1S/C19H16F6N2O5/c1-30-13-7-3-11(4-8-13)15(28)27-17(16(29)31-2,18(20,21)22)26-12-5-9-14(10-6-12)32-19(23,24)25/h3-10,26H,1-2H3,(H,27,28)/t17-/m0/s1. The SMILES string of the molecule is COC(=O)[C@@](NC(=O)c1ccc(OC)cc1)(Nc1ccc(OC(F)(F)F)cc1)C(F)(F)F. The lowest BCUT2D eigenvalue weighted by Gasteiger charge is -2.35. The molecular formula is C19H16F6N2O5. The van der Waals surface area contributed by atoms with Crippen LogP contribution in [0.1, 0.15) is 10.4 Å². The fraction of sp³-hybridized carbons (Fsp3) is 0.263. The van der Waals surface area contributed by atoms with E-state index in [4.69, 9.17) is 4.74 Å². The first-order valence-electron chi connectivity index (χ1n) is 8.57. The Morgan fingerprint density at radius 1 is 0.812 bits per heavy atom. The molecule has 0 aliphatic rings. The van der Waals surface area contributed by atoms with Gasteiger partial charge in [0.1, 0.15) is 11.5 Å². The molecule has 1 amide bonds. The van der Waals surface area contributed by atoms with Crippen LogP contribution >= 0.6 is 0 Å². The number of methoxy groups -OCH3 is 2. The summed E-state index contributed by atoms with van der Waals surface area (Å²) in [6.07, 6.45) is -10.4. The summed E-state index contributed by atoms with van der Waals surface area (Å²) < 4.78 is 91.7. The molecule has 7 nitrogen and oxygen atoms in total. The predicted molar refractivity (Wildman–Crippen MR) is 98.0 cm³/mol. The molecule has 0 saturated heterocycles. The Bertz CT molecular complexity index is 945. The minimum atomic E-state index is -5.43. The van der Waals surface area contributed by atoms with Crippen LogP contribution in [0.25, 0.3) is 0 Å². The van der Waals surface area contributed by atoms with Gasteiger partial charge in [0.25, 0.3) is 5.91 Å². The third-order valence-electron chi connectivity index (χ3n) is 3.99. The molecule has 0 radical (unpaired) electrons. The van der Waals surface area contributed by atoms with Gasteiger partial charge >= 0.3 is 24.2 Å². The minimum Gasteiger partial charge on any atom is -0.497 e. The van der Waals surface area contributed by atoms with E-state index in [1.54, 1.807) is 10.6 Å². The van der Waals surface area contributed by atoms with Crippen molar-refractivity contribution in [2.24, 2.45) is 0 Å². The molecule has 0 bridgehead atoms. The minimum absolute atomic E-state index is 0.237. The van der Waals surface area contributed by atoms with Crippen molar-refractivity contribution in [2.45, 2.75) is 18.2 Å². The second-order valence-corrected chi connectivity index (χ2v) is 6.12. The number of rotatable bonds is 7. The second kappa shape index (κ2) is 9.24. The Morgan fingerprint density at radius 2 is 1.34 bits per heavy atom. The first-order valence-corrected chi connectivity index (χ1v) is 8.57. The number of alkyl halides is 6. The van der Waals surface area contributed by atoms with Crippen molar-refractivity contribution in [3.8, 4) is 11.5 Å². The van der Waals surface area contributed by atoms with E-state index in [0.717, 1.165) is 36.4 Å². The number of benzene rings is 2. The van der Waals surface area contributed by atoms with Gasteiger partial charge < -0.3 is 24.8 Å². The maximum absolute atomic E-state index is 14.0. The van der Waals surface area contributed by atoms with Crippen molar-refractivity contribution in [3.63, 3.8) is 0 Å². The molecule has 174 valence electrons. The van der Waals surface area contributed by atoms with Crippen molar-refractivity contribution in [2.75, 3.05) is 19.5 Å². The maximum atomic E-state index is 14.0. The zero-order valence-corrected chi connectivity index (χ0v) is 16.4. The van der Waals surface area contributed by atoms with E-state index in [0.29, 0.717) is 12.9 Å². The summed E-state index contributed by atoms with van der Waals surface area (Å²) >= 11 is 0. The van der Waals surface area contributed by atoms with Gasteiger partial charge in [-0.05, 0) is 48.5 Å². The molecule has 0 aromatic heterocycles. The fourth-order valence-electron chi connectivity index (χ4n) is 2.49. The van der Waals surface area contributed by atoms with E-state index in [1.165, 1.54) is 19.2 Å². The van der Waals surface area contributed by atoms with Crippen LogP contribution in [0.15, 0.2) is 48.5 Å². The number of hydrogen-bond donors (Lipinski definition) is 2. The van der Waals surface area contributed by atoms with Crippen LogP contribution in [-0.2, 0) is 9.53 Å². The van der Waals surface area contributed by atoms with Gasteiger partial charge in [-0.1, -0.05) is 0 Å². The summed E-state index contributed by atoms with van der Waals surface area (Å²) in [4.78, 5) is 24.7. The quantitative estimate of drug-likeness (QED) is 0.366. The van der Waals surface area contributed by atoms with Crippen molar-refractivity contribution in [1.29, 1.82) is 0 Å². The van der Waals surface area contributed by atoms with E-state index < -0.39 is 41.5 Å². The average Bonchev–Trinajstić information content (AvgIpc) is 2.72. The summed E-state index contributed by atoms with van der Waals surface area (Å²) in [5.74, 6) is -3.58. The molecule has 0 aliphatic carbocycles. The van der Waals surface area contributed by atoms with Crippen LogP contribution in [0.3, 0.4) is 0 Å². The molecule has 0 unspecified atom stereocenters. The lowest BCUT2D eigenvalue weighted by Crippen LogP contribution is -2.69. The van der Waals surface area contributed by atoms with Gasteiger partial charge in [0.15, 0.2) is 0 Å². The zero-order valence-electron chi connectivity index (χ0n) is 16.4. The number of esters is 1. The van der Waals surface area contributed by atoms with Gasteiger partial charge in [0.05, 0.1) is 14.2 Å². The van der Waals surface area contributed by atoms with Crippen LogP contribution in [-0.4, -0.2) is 44.3 Å². The lowest BCUT2D eigenvalue weighted by atomic mass is 10.1. The molecule has 0 spiro atoms. The van der Waals surface area contributed by atoms with E-state index in [1.807, 2.05) is 0 Å². The van der Waals surface area contributed by atoms with Crippen LogP contribution in [0.4, 0.5) is 32.0 Å². The molecule has 1 atom stereocenters. The van der Waals surface area contributed by atoms with E-state index >= 15 is 0 Å². The zero-order chi connectivity index (χ0) is 24.2. The number of anilines is 1. The summed E-state index contributed by atoms with van der Waals surface area (Å²) in [6, 6.07) is 7.99. The lowest BCUT2D eigenvalue weighted by molar-refractivity contribution is -0.274. The molecule has 0 aliphatic heterocycles. The van der Waals surface area contributed by atoms with Crippen LogP contribution in [0.2, 0.25) is 0 Å². The Kier molecular flexibility index (Phi) is 7.11. The summed E-state index contributed by atoms with van der Waals surface area (Å²) in [6.45, 7) is 0. The molecule has 0 fully saturated rings. The van der Waals surface area contributed by atoms with E-state index in [-0.39, 0.29) is 5.56 Å². The molecule has 2 aromatic carbocycles. The van der Waals surface area contributed by atoms with E-state index in [2.05, 4.69) is 9.47 Å². The molecule has 32 heavy (non-hydrogen) atoms. The van der Waals surface area contributed by atoms with Crippen molar-refractivity contribution in [1.82, 2.24) is 5.32 Å². The summed E-state index contributed by atoms with van der Waals surface area (Å²) in [5.41, 5.74) is -4.46. The number of ether oxygens (including phenoxy) is 3. The number of carbonyl (C=O) groups excluding carboxylic acids is 2. The van der Waals surface area contributed by atoms with Crippen molar-refractivity contribution >= 4 is 17.6 Å². The molecule has 2 aromatic rings. The van der Waals surface area contributed by atoms with Gasteiger partial charge in [-0.3, -0.25) is 4.79 Å². The smallest absolute Gasteiger partial charge is 0.497 e. The van der Waals surface area contributed by atoms with Gasteiger partial charge in [-0.25, -0.2) is 4.79 Å². The van der Waals surface area contributed by atoms with Crippen LogP contribution < -0.4 is 20.1 Å². The third-order valence-corrected chi connectivity index (χ3v) is 3.99. The highest BCUT2D eigenvalue weighted by Crippen LogP contribution is 2.34. The largest absolute Gasteiger partial charge is 0.573 e. The number of nitrogens with one attached hydrogen (secondary N) is 2. The Balaban J connectivity index is 2.40. The Morgan fingerprint density at radius 3 is 1.78 bits per heavy atom. The van der Waals surface area contributed by atoms with Crippen LogP contribution in [0, 0.1) is 0 Å². The topological polar surface area (TPSA) is 85.9 Å². The number of amides is 1. The highest BCUT2D eigenvalue weighted by Gasteiger charge is 2.63. The molecule has 0 saturated carbocycles. The van der Waals surface area contributed by atoms with Gasteiger partial charge in [0, 0.05) is 11.3 Å². The summed E-state index contributed by atoms with van der Waals surface area (Å²) in [5, 5.41) is 3.38. The predicted octanol–water partition coefficient (Wildman–Crippen LogP) is 3.87. The number of carbonyl (C=O) groups is 2. The average molecular weight is 466 g/mol. The molecule has 2 rings (SSSR count). The van der Waals surface area contributed by atoms with Crippen LogP contribution in [0.5, 0.6) is 11.5 Å². The van der Waals surface area contributed by atoms with Gasteiger partial charge in [-0.2, -0.15) is 13.2 Å². The summed E-state index contributed by atoms with van der Waals surface area (Å²) in [7, 11) is 2.01.